The van der Waals surface area contributed by atoms with Crippen LogP contribution >= 0.6 is 0 Å². The maximum Gasteiger partial charge on any atom is 0.270 e. The Morgan fingerprint density at radius 2 is 1.90 bits per heavy atom. The van der Waals surface area contributed by atoms with Crippen LogP contribution in [0.4, 0.5) is 5.69 Å². The van der Waals surface area contributed by atoms with Crippen LogP contribution in [0.2, 0.25) is 0 Å². The largest absolute Gasteiger partial charge is 0.345 e. The molecule has 30 heavy (non-hydrogen) atoms. The van der Waals surface area contributed by atoms with E-state index in [1.807, 2.05) is 30.5 Å². The number of rotatable bonds is 9. The summed E-state index contributed by atoms with van der Waals surface area (Å²) in [7, 11) is 0. The molecule has 1 heterocycles. The van der Waals surface area contributed by atoms with Crippen molar-refractivity contribution in [3.8, 4) is 0 Å². The first-order valence-electron chi connectivity index (χ1n) is 10.2. The predicted octanol–water partition coefficient (Wildman–Crippen LogP) is 5.20. The van der Waals surface area contributed by atoms with E-state index < -0.39 is 4.92 Å². The zero-order valence-corrected chi connectivity index (χ0v) is 17.5. The summed E-state index contributed by atoms with van der Waals surface area (Å²) in [6.45, 7) is 5.98. The van der Waals surface area contributed by atoms with Crippen LogP contribution in [0.15, 0.2) is 66.9 Å². The Bertz CT molecular complexity index is 1030. The second-order valence-corrected chi connectivity index (χ2v) is 7.44. The number of carbonyl (C=O) groups is 1. The van der Waals surface area contributed by atoms with Crippen molar-refractivity contribution in [2.75, 3.05) is 6.54 Å². The quantitative estimate of drug-likeness (QED) is 0.363. The predicted molar refractivity (Wildman–Crippen MR) is 117 cm³/mol. The van der Waals surface area contributed by atoms with Crippen molar-refractivity contribution in [1.82, 2.24) is 9.47 Å². The Hall–Kier alpha value is -3.41. The average molecular weight is 405 g/mol. The van der Waals surface area contributed by atoms with Crippen molar-refractivity contribution >= 4 is 11.6 Å². The van der Waals surface area contributed by atoms with Crippen molar-refractivity contribution < 1.29 is 9.72 Å². The number of nitro groups is 1. The summed E-state index contributed by atoms with van der Waals surface area (Å²) >= 11 is 0. The van der Waals surface area contributed by atoms with Crippen LogP contribution in [-0.2, 0) is 13.1 Å². The van der Waals surface area contributed by atoms with Crippen molar-refractivity contribution in [2.45, 2.75) is 39.8 Å². The molecule has 0 aliphatic heterocycles. The lowest BCUT2D eigenvalue weighted by atomic mass is 10.1. The Labute approximate surface area is 176 Å². The van der Waals surface area contributed by atoms with Gasteiger partial charge in [-0.15, -0.1) is 0 Å². The lowest BCUT2D eigenvalue weighted by Crippen LogP contribution is -2.32. The lowest BCUT2D eigenvalue weighted by molar-refractivity contribution is -0.384. The number of nitrogens with zero attached hydrogens (tertiary/aromatic N) is 3. The summed E-state index contributed by atoms with van der Waals surface area (Å²) in [5, 5.41) is 11.1. The number of hydrogen-bond acceptors (Lipinski definition) is 3. The van der Waals surface area contributed by atoms with Crippen LogP contribution in [0.3, 0.4) is 0 Å². The maximum absolute atomic E-state index is 13.2. The molecule has 0 saturated carbocycles. The van der Waals surface area contributed by atoms with E-state index in [9.17, 15) is 14.9 Å². The smallest absolute Gasteiger partial charge is 0.270 e. The molecule has 1 amide bonds. The third kappa shape index (κ3) is 5.14. The minimum Gasteiger partial charge on any atom is -0.345 e. The number of carbonyl (C=O) groups excluding carboxylic acids is 1. The fourth-order valence-corrected chi connectivity index (χ4v) is 3.45. The zero-order chi connectivity index (χ0) is 21.5. The molecule has 0 fully saturated rings. The molecule has 0 aliphatic carbocycles. The van der Waals surface area contributed by atoms with Crippen LogP contribution in [0.1, 0.15) is 46.9 Å². The van der Waals surface area contributed by atoms with Gasteiger partial charge in [0.25, 0.3) is 11.6 Å². The normalized spacial score (nSPS) is 10.7. The molecule has 6 heteroatoms. The molecule has 0 unspecified atom stereocenters. The van der Waals surface area contributed by atoms with Crippen molar-refractivity contribution in [1.29, 1.82) is 0 Å². The molecule has 3 rings (SSSR count). The number of unbranched alkanes of at least 4 members (excludes halogenated alkanes) is 1. The van der Waals surface area contributed by atoms with Gasteiger partial charge in [0.05, 0.1) is 11.5 Å². The third-order valence-electron chi connectivity index (χ3n) is 5.25. The Kier molecular flexibility index (Phi) is 7.01. The number of hydrogen-bond donors (Lipinski definition) is 0. The van der Waals surface area contributed by atoms with E-state index in [-0.39, 0.29) is 11.6 Å². The highest BCUT2D eigenvalue weighted by atomic mass is 16.6. The number of aryl methyl sites for hydroxylation is 1. The van der Waals surface area contributed by atoms with Gasteiger partial charge in [-0.05, 0) is 42.7 Å². The van der Waals surface area contributed by atoms with E-state index in [0.29, 0.717) is 18.7 Å². The second-order valence-electron chi connectivity index (χ2n) is 7.44. The summed E-state index contributed by atoms with van der Waals surface area (Å²) in [4.78, 5) is 25.6. The Morgan fingerprint density at radius 3 is 2.63 bits per heavy atom. The highest BCUT2D eigenvalue weighted by Crippen LogP contribution is 2.18. The second kappa shape index (κ2) is 9.87. The Morgan fingerprint density at radius 1 is 1.10 bits per heavy atom. The van der Waals surface area contributed by atoms with Gasteiger partial charge in [0.15, 0.2) is 0 Å². The van der Waals surface area contributed by atoms with E-state index in [4.69, 9.17) is 0 Å². The van der Waals surface area contributed by atoms with Crippen LogP contribution < -0.4 is 0 Å². The van der Waals surface area contributed by atoms with Gasteiger partial charge in [0.1, 0.15) is 0 Å². The molecule has 0 radical (unpaired) electrons. The maximum atomic E-state index is 13.2. The van der Waals surface area contributed by atoms with E-state index in [1.54, 1.807) is 17.0 Å². The molecule has 2 aromatic carbocycles. The molecule has 3 aromatic rings. The van der Waals surface area contributed by atoms with Gasteiger partial charge in [-0.25, -0.2) is 0 Å². The Balaban J connectivity index is 1.83. The third-order valence-corrected chi connectivity index (χ3v) is 5.25. The molecule has 0 bridgehead atoms. The number of benzene rings is 2. The van der Waals surface area contributed by atoms with E-state index in [2.05, 4.69) is 30.5 Å². The van der Waals surface area contributed by atoms with Crippen LogP contribution in [-0.4, -0.2) is 26.8 Å². The molecule has 0 N–H and O–H groups in total. The van der Waals surface area contributed by atoms with Crippen LogP contribution in [0, 0.1) is 17.0 Å². The van der Waals surface area contributed by atoms with Gasteiger partial charge in [-0.3, -0.25) is 14.9 Å². The molecule has 0 saturated heterocycles. The molecular formula is C24H27N3O3. The SMILES string of the molecule is CCCCN(Cc1cccn1Cc1ccccc1C)C(=O)c1cccc([N+](=O)[O-])c1. The fraction of sp³-hybridized carbons (Fsp3) is 0.292. The number of amides is 1. The van der Waals surface area contributed by atoms with E-state index in [0.717, 1.165) is 25.1 Å². The highest BCUT2D eigenvalue weighted by Gasteiger charge is 2.19. The minimum absolute atomic E-state index is 0.0702. The van der Waals surface area contributed by atoms with Gasteiger partial charge in [0.2, 0.25) is 0 Å². The first-order chi connectivity index (χ1) is 14.5. The molecule has 0 aliphatic rings. The molecule has 6 nitrogen and oxygen atoms in total. The summed E-state index contributed by atoms with van der Waals surface area (Å²) in [5.41, 5.74) is 3.78. The van der Waals surface area contributed by atoms with E-state index >= 15 is 0 Å². The average Bonchev–Trinajstić information content (AvgIpc) is 3.19. The van der Waals surface area contributed by atoms with Gasteiger partial charge in [-0.2, -0.15) is 0 Å². The molecule has 1 aromatic heterocycles. The first kappa shape index (κ1) is 21.3. The van der Waals surface area contributed by atoms with Crippen molar-refractivity contribution in [3.05, 3.63) is 99.4 Å². The number of non-ortho nitro benzene ring substituents is 1. The van der Waals surface area contributed by atoms with Gasteiger partial charge in [-0.1, -0.05) is 43.7 Å². The van der Waals surface area contributed by atoms with Crippen molar-refractivity contribution in [2.24, 2.45) is 0 Å². The van der Waals surface area contributed by atoms with Crippen LogP contribution in [0.5, 0.6) is 0 Å². The topological polar surface area (TPSA) is 68.4 Å². The van der Waals surface area contributed by atoms with Gasteiger partial charge >= 0.3 is 0 Å². The lowest BCUT2D eigenvalue weighted by Gasteiger charge is -2.24. The summed E-state index contributed by atoms with van der Waals surface area (Å²) in [6.07, 6.45) is 3.86. The first-order valence-corrected chi connectivity index (χ1v) is 10.2. The summed E-state index contributed by atoms with van der Waals surface area (Å²) in [5.74, 6) is -0.184. The minimum atomic E-state index is -0.472. The van der Waals surface area contributed by atoms with Gasteiger partial charge < -0.3 is 9.47 Å². The summed E-state index contributed by atoms with van der Waals surface area (Å²) in [6, 6.07) is 18.2. The fourth-order valence-electron chi connectivity index (χ4n) is 3.45. The molecule has 0 spiro atoms. The molecule has 0 atom stereocenters. The number of nitro benzene ring substituents is 1. The molecular weight excluding hydrogens is 378 g/mol. The van der Waals surface area contributed by atoms with Crippen LogP contribution in [0.25, 0.3) is 0 Å². The molecule has 156 valence electrons. The van der Waals surface area contributed by atoms with Crippen molar-refractivity contribution in [3.63, 3.8) is 0 Å². The zero-order valence-electron chi connectivity index (χ0n) is 17.5. The highest BCUT2D eigenvalue weighted by molar-refractivity contribution is 5.94. The monoisotopic (exact) mass is 405 g/mol. The summed E-state index contributed by atoms with van der Waals surface area (Å²) < 4.78 is 2.15. The van der Waals surface area contributed by atoms with Gasteiger partial charge in [0, 0.05) is 42.7 Å². The number of aromatic nitrogens is 1. The standard InChI is InChI=1S/C24H27N3O3/c1-3-4-14-26(24(28)20-11-7-12-22(16-20)27(29)30)18-23-13-8-15-25(23)17-21-10-6-5-9-19(21)2/h5-13,15-16H,3-4,14,17-18H2,1-2H3. The van der Waals surface area contributed by atoms with E-state index in [1.165, 1.54) is 23.3 Å².